The molecule has 0 aromatic carbocycles. The molecular formula is C15H28O2. The first kappa shape index (κ1) is 13.4. The van der Waals surface area contributed by atoms with Gasteiger partial charge in [-0.15, -0.1) is 0 Å². The zero-order valence-electron chi connectivity index (χ0n) is 11.7. The van der Waals surface area contributed by atoms with Crippen molar-refractivity contribution in [2.45, 2.75) is 65.6 Å². The van der Waals surface area contributed by atoms with Crippen LogP contribution in [0.5, 0.6) is 0 Å². The smallest absolute Gasteiger partial charge is 0.163 e. The van der Waals surface area contributed by atoms with Crippen molar-refractivity contribution >= 4 is 0 Å². The average molecular weight is 240 g/mol. The first-order chi connectivity index (χ1) is 8.20. The molecule has 2 heteroatoms. The lowest BCUT2D eigenvalue weighted by molar-refractivity contribution is -0.229. The maximum absolute atomic E-state index is 5.92. The highest BCUT2D eigenvalue weighted by Crippen LogP contribution is 2.53. The quantitative estimate of drug-likeness (QED) is 0.676. The van der Waals surface area contributed by atoms with Gasteiger partial charge in [-0.3, -0.25) is 0 Å². The maximum Gasteiger partial charge on any atom is 0.163 e. The van der Waals surface area contributed by atoms with Gasteiger partial charge in [0.15, 0.2) is 6.29 Å². The molecule has 0 aromatic rings. The zero-order valence-corrected chi connectivity index (χ0v) is 11.7. The van der Waals surface area contributed by atoms with Crippen LogP contribution in [-0.2, 0) is 9.47 Å². The van der Waals surface area contributed by atoms with Crippen LogP contribution >= 0.6 is 0 Å². The number of fused-ring (bicyclic) bond motifs is 2. The molecule has 17 heavy (non-hydrogen) atoms. The average Bonchev–Trinajstić information content (AvgIpc) is 2.28. The van der Waals surface area contributed by atoms with Gasteiger partial charge in [0.2, 0.25) is 0 Å². The molecule has 0 aliphatic heterocycles. The minimum Gasteiger partial charge on any atom is -0.352 e. The third kappa shape index (κ3) is 2.85. The van der Waals surface area contributed by atoms with Crippen LogP contribution in [0.3, 0.4) is 0 Å². The van der Waals surface area contributed by atoms with Gasteiger partial charge in [-0.25, -0.2) is 0 Å². The Bertz CT molecular complexity index is 231. The SMILES string of the molecule is CCOC(OCC)C12CCCC(CC(C)C1)C2. The predicted octanol–water partition coefficient (Wildman–Crippen LogP) is 3.99. The Morgan fingerprint density at radius 2 is 1.88 bits per heavy atom. The molecule has 2 saturated carbocycles. The van der Waals surface area contributed by atoms with E-state index in [2.05, 4.69) is 20.8 Å². The molecule has 0 saturated heterocycles. The molecule has 2 nitrogen and oxygen atoms in total. The topological polar surface area (TPSA) is 18.5 Å². The summed E-state index contributed by atoms with van der Waals surface area (Å²) in [5, 5.41) is 0. The van der Waals surface area contributed by atoms with Crippen LogP contribution in [0.4, 0.5) is 0 Å². The van der Waals surface area contributed by atoms with Crippen LogP contribution in [-0.4, -0.2) is 19.5 Å². The summed E-state index contributed by atoms with van der Waals surface area (Å²) in [7, 11) is 0. The Hall–Kier alpha value is -0.0800. The molecule has 0 aromatic heterocycles. The van der Waals surface area contributed by atoms with Gasteiger partial charge in [-0.1, -0.05) is 19.8 Å². The van der Waals surface area contributed by atoms with Crippen molar-refractivity contribution in [1.29, 1.82) is 0 Å². The lowest BCUT2D eigenvalue weighted by atomic mass is 9.59. The summed E-state index contributed by atoms with van der Waals surface area (Å²) >= 11 is 0. The van der Waals surface area contributed by atoms with Crippen molar-refractivity contribution in [1.82, 2.24) is 0 Å². The minimum atomic E-state index is 0.0445. The van der Waals surface area contributed by atoms with Crippen LogP contribution in [0.2, 0.25) is 0 Å². The van der Waals surface area contributed by atoms with Crippen LogP contribution < -0.4 is 0 Å². The van der Waals surface area contributed by atoms with Crippen LogP contribution in [0.15, 0.2) is 0 Å². The first-order valence-corrected chi connectivity index (χ1v) is 7.43. The van der Waals surface area contributed by atoms with Gasteiger partial charge in [0.25, 0.3) is 0 Å². The first-order valence-electron chi connectivity index (χ1n) is 7.43. The highest BCUT2D eigenvalue weighted by Gasteiger charge is 2.47. The van der Waals surface area contributed by atoms with E-state index in [-0.39, 0.29) is 6.29 Å². The summed E-state index contributed by atoms with van der Waals surface area (Å²) in [6, 6.07) is 0. The summed E-state index contributed by atoms with van der Waals surface area (Å²) in [4.78, 5) is 0. The standard InChI is InChI=1S/C15H28O2/c1-4-16-14(17-5-2)15-8-6-7-13(11-15)9-12(3)10-15/h12-14H,4-11H2,1-3H3. The zero-order chi connectivity index (χ0) is 12.3. The third-order valence-corrected chi connectivity index (χ3v) is 4.61. The fourth-order valence-electron chi connectivity index (χ4n) is 4.27. The van der Waals surface area contributed by atoms with Crippen molar-refractivity contribution < 1.29 is 9.47 Å². The molecule has 0 amide bonds. The van der Waals surface area contributed by atoms with Gasteiger partial charge in [0.1, 0.15) is 0 Å². The molecule has 2 fully saturated rings. The lowest BCUT2D eigenvalue weighted by Crippen LogP contribution is -2.47. The van der Waals surface area contributed by atoms with Crippen molar-refractivity contribution in [3.63, 3.8) is 0 Å². The van der Waals surface area contributed by atoms with Crippen LogP contribution in [0.25, 0.3) is 0 Å². The minimum absolute atomic E-state index is 0.0445. The molecule has 2 aliphatic rings. The second-order valence-electron chi connectivity index (χ2n) is 6.11. The molecular weight excluding hydrogens is 212 g/mol. The molecule has 0 heterocycles. The highest BCUT2D eigenvalue weighted by atomic mass is 16.7. The molecule has 2 aliphatic carbocycles. The molecule has 0 spiro atoms. The summed E-state index contributed by atoms with van der Waals surface area (Å²) in [6.45, 7) is 8.10. The summed E-state index contributed by atoms with van der Waals surface area (Å²) in [5.41, 5.74) is 0.326. The van der Waals surface area contributed by atoms with Gasteiger partial charge in [-0.05, 0) is 51.4 Å². The summed E-state index contributed by atoms with van der Waals surface area (Å²) in [6.07, 6.45) is 8.20. The lowest BCUT2D eigenvalue weighted by Gasteiger charge is -2.50. The highest BCUT2D eigenvalue weighted by molar-refractivity contribution is 4.95. The van der Waals surface area contributed by atoms with Crippen molar-refractivity contribution in [2.75, 3.05) is 13.2 Å². The van der Waals surface area contributed by atoms with E-state index in [9.17, 15) is 0 Å². The van der Waals surface area contributed by atoms with Gasteiger partial charge >= 0.3 is 0 Å². The Morgan fingerprint density at radius 3 is 2.53 bits per heavy atom. The monoisotopic (exact) mass is 240 g/mol. The van der Waals surface area contributed by atoms with E-state index in [0.717, 1.165) is 25.0 Å². The largest absolute Gasteiger partial charge is 0.352 e. The fraction of sp³-hybridized carbons (Fsp3) is 1.00. The van der Waals surface area contributed by atoms with Gasteiger partial charge in [-0.2, -0.15) is 0 Å². The number of hydrogen-bond acceptors (Lipinski definition) is 2. The molecule has 2 bridgehead atoms. The maximum atomic E-state index is 5.92. The van der Waals surface area contributed by atoms with Crippen molar-refractivity contribution in [2.24, 2.45) is 17.3 Å². The van der Waals surface area contributed by atoms with E-state index in [1.807, 2.05) is 0 Å². The van der Waals surface area contributed by atoms with E-state index in [1.54, 1.807) is 0 Å². The van der Waals surface area contributed by atoms with E-state index >= 15 is 0 Å². The summed E-state index contributed by atoms with van der Waals surface area (Å²) in [5.74, 6) is 1.77. The van der Waals surface area contributed by atoms with E-state index in [0.29, 0.717) is 5.41 Å². The molecule has 0 radical (unpaired) electrons. The Kier molecular flexibility index (Phi) is 4.48. The molecule has 0 N–H and O–H groups in total. The van der Waals surface area contributed by atoms with Gasteiger partial charge in [0.05, 0.1) is 0 Å². The van der Waals surface area contributed by atoms with Gasteiger partial charge in [0, 0.05) is 18.6 Å². The number of rotatable bonds is 5. The van der Waals surface area contributed by atoms with E-state index < -0.39 is 0 Å². The molecule has 3 unspecified atom stereocenters. The number of hydrogen-bond donors (Lipinski definition) is 0. The fourth-order valence-corrected chi connectivity index (χ4v) is 4.27. The number of ether oxygens (including phenoxy) is 2. The van der Waals surface area contributed by atoms with Crippen molar-refractivity contribution in [3.05, 3.63) is 0 Å². The second kappa shape index (κ2) is 5.71. The van der Waals surface area contributed by atoms with Crippen molar-refractivity contribution in [3.8, 4) is 0 Å². The Morgan fingerprint density at radius 1 is 1.18 bits per heavy atom. The predicted molar refractivity (Wildman–Crippen MR) is 69.8 cm³/mol. The summed E-state index contributed by atoms with van der Waals surface area (Å²) < 4.78 is 11.8. The molecule has 2 rings (SSSR count). The normalized spacial score (nSPS) is 37.4. The molecule has 100 valence electrons. The van der Waals surface area contributed by atoms with Gasteiger partial charge < -0.3 is 9.47 Å². The third-order valence-electron chi connectivity index (χ3n) is 4.61. The van der Waals surface area contributed by atoms with Crippen LogP contribution in [0.1, 0.15) is 59.3 Å². The molecule has 3 atom stereocenters. The van der Waals surface area contributed by atoms with E-state index in [1.165, 1.54) is 38.5 Å². The van der Waals surface area contributed by atoms with E-state index in [4.69, 9.17) is 9.47 Å². The Labute approximate surface area is 106 Å². The second-order valence-corrected chi connectivity index (χ2v) is 6.11. The van der Waals surface area contributed by atoms with Crippen LogP contribution in [0, 0.1) is 17.3 Å². The Balaban J connectivity index is 2.12.